The lowest BCUT2D eigenvalue weighted by Gasteiger charge is -2.45. The van der Waals surface area contributed by atoms with E-state index in [9.17, 15) is 59.4 Å². The number of hydrogen-bond acceptors (Lipinski definition) is 12. The number of nitrogens with zero attached hydrogens (tertiary/aromatic N) is 6. The van der Waals surface area contributed by atoms with Gasteiger partial charge in [-0.15, -0.1) is 0 Å². The standard InChI is InChI=1S/C36H46N6O12/c43-25-7-3-8-26(44)33(25)35(53)39-15-11-37(12-16-39)29(47)19-41(21-31(49)50)23-5-1-2-6-24(23)42(22-32(51)52)20-30(48)38-13-17-40(18-14-38)36(54)34-27(45)9-4-10-28(34)46/h3-4,7-10,23-24,43-46H,1-2,5-6,11-22H2,(H,49,50)(H,51,52). The molecule has 2 atom stereocenters. The van der Waals surface area contributed by atoms with Crippen molar-refractivity contribution in [1.82, 2.24) is 29.4 Å². The van der Waals surface area contributed by atoms with Crippen LogP contribution in [0.15, 0.2) is 36.4 Å². The van der Waals surface area contributed by atoms with Gasteiger partial charge < -0.3 is 50.2 Å². The van der Waals surface area contributed by atoms with E-state index in [4.69, 9.17) is 0 Å². The predicted octanol–water partition coefficient (Wildman–Crippen LogP) is -0.138. The molecule has 3 aliphatic rings. The second kappa shape index (κ2) is 17.5. The number of amides is 4. The number of aliphatic carboxylic acids is 2. The van der Waals surface area contributed by atoms with Crippen molar-refractivity contribution in [3.63, 3.8) is 0 Å². The van der Waals surface area contributed by atoms with E-state index in [0.29, 0.717) is 25.7 Å². The zero-order valence-corrected chi connectivity index (χ0v) is 29.7. The summed E-state index contributed by atoms with van der Waals surface area (Å²) in [6.07, 6.45) is 2.31. The first-order chi connectivity index (χ1) is 25.7. The molecule has 2 saturated heterocycles. The van der Waals surface area contributed by atoms with Crippen molar-refractivity contribution in [2.75, 3.05) is 78.5 Å². The van der Waals surface area contributed by atoms with Gasteiger partial charge >= 0.3 is 11.9 Å². The van der Waals surface area contributed by atoms with Crippen LogP contribution in [0.3, 0.4) is 0 Å². The van der Waals surface area contributed by atoms with Crippen LogP contribution < -0.4 is 0 Å². The van der Waals surface area contributed by atoms with Crippen molar-refractivity contribution in [2.45, 2.75) is 37.8 Å². The van der Waals surface area contributed by atoms with Gasteiger partial charge in [0.15, 0.2) is 0 Å². The Bertz CT molecular complexity index is 1570. The zero-order valence-electron chi connectivity index (χ0n) is 29.7. The Morgan fingerprint density at radius 2 is 0.796 bits per heavy atom. The summed E-state index contributed by atoms with van der Waals surface area (Å²) in [5.41, 5.74) is -0.472. The fourth-order valence-electron chi connectivity index (χ4n) is 7.55. The highest BCUT2D eigenvalue weighted by atomic mass is 16.4. The van der Waals surface area contributed by atoms with Gasteiger partial charge in [0.2, 0.25) is 11.8 Å². The predicted molar refractivity (Wildman–Crippen MR) is 189 cm³/mol. The minimum atomic E-state index is -1.18. The monoisotopic (exact) mass is 754 g/mol. The van der Waals surface area contributed by atoms with E-state index in [1.807, 2.05) is 0 Å². The Morgan fingerprint density at radius 3 is 1.09 bits per heavy atom. The summed E-state index contributed by atoms with van der Waals surface area (Å²) < 4.78 is 0. The van der Waals surface area contributed by atoms with E-state index < -0.39 is 48.9 Å². The molecular weight excluding hydrogens is 708 g/mol. The van der Waals surface area contributed by atoms with Crippen LogP contribution in [0.2, 0.25) is 0 Å². The molecule has 292 valence electrons. The van der Waals surface area contributed by atoms with Gasteiger partial charge in [0, 0.05) is 64.4 Å². The smallest absolute Gasteiger partial charge is 0.317 e. The van der Waals surface area contributed by atoms with Crippen LogP contribution in [0.5, 0.6) is 23.0 Å². The summed E-state index contributed by atoms with van der Waals surface area (Å²) >= 11 is 0. The molecule has 2 aromatic carbocycles. The lowest BCUT2D eigenvalue weighted by Crippen LogP contribution is -2.60. The molecule has 0 radical (unpaired) electrons. The minimum Gasteiger partial charge on any atom is -0.507 e. The Labute approximate surface area is 311 Å². The number of carbonyl (C=O) groups excluding carboxylic acids is 4. The number of carboxylic acids is 2. The number of carboxylic acid groups (broad SMARTS) is 2. The minimum absolute atomic E-state index is 0.109. The highest BCUT2D eigenvalue weighted by Gasteiger charge is 2.39. The number of rotatable bonds is 12. The van der Waals surface area contributed by atoms with Crippen LogP contribution in [0, 0.1) is 0 Å². The van der Waals surface area contributed by atoms with Crippen molar-refractivity contribution in [2.24, 2.45) is 0 Å². The number of benzene rings is 2. The summed E-state index contributed by atoms with van der Waals surface area (Å²) in [5, 5.41) is 60.2. The number of piperazine rings is 2. The average Bonchev–Trinajstić information content (AvgIpc) is 3.13. The number of phenols is 4. The molecule has 3 fully saturated rings. The fourth-order valence-corrected chi connectivity index (χ4v) is 7.55. The Morgan fingerprint density at radius 1 is 0.500 bits per heavy atom. The molecule has 4 amide bonds. The zero-order chi connectivity index (χ0) is 39.1. The molecule has 18 heteroatoms. The third-order valence-corrected chi connectivity index (χ3v) is 10.3. The average molecular weight is 755 g/mol. The maximum atomic E-state index is 13.6. The second-order valence-corrected chi connectivity index (χ2v) is 13.7. The van der Waals surface area contributed by atoms with E-state index in [1.54, 1.807) is 0 Å². The molecule has 2 aromatic rings. The lowest BCUT2D eigenvalue weighted by molar-refractivity contribution is -0.146. The van der Waals surface area contributed by atoms with Gasteiger partial charge in [0.1, 0.15) is 34.1 Å². The van der Waals surface area contributed by atoms with Crippen LogP contribution in [0.25, 0.3) is 0 Å². The Balaban J connectivity index is 1.23. The van der Waals surface area contributed by atoms with Crippen LogP contribution >= 0.6 is 0 Å². The quantitative estimate of drug-likeness (QED) is 0.165. The van der Waals surface area contributed by atoms with Crippen molar-refractivity contribution in [1.29, 1.82) is 0 Å². The van der Waals surface area contributed by atoms with Gasteiger partial charge in [-0.3, -0.25) is 38.6 Å². The molecule has 2 aliphatic heterocycles. The van der Waals surface area contributed by atoms with E-state index in [0.717, 1.165) is 0 Å². The highest BCUT2D eigenvalue weighted by molar-refractivity contribution is 6.00. The summed E-state index contributed by atoms with van der Waals surface area (Å²) in [7, 11) is 0. The normalized spacial score (nSPS) is 19.2. The largest absolute Gasteiger partial charge is 0.507 e. The summed E-state index contributed by atoms with van der Waals surface area (Å²) in [4.78, 5) is 86.3. The van der Waals surface area contributed by atoms with Gasteiger partial charge in [-0.25, -0.2) is 0 Å². The van der Waals surface area contributed by atoms with Crippen molar-refractivity contribution >= 4 is 35.6 Å². The summed E-state index contributed by atoms with van der Waals surface area (Å²) in [5.74, 6) is -5.80. The van der Waals surface area contributed by atoms with Gasteiger partial charge in [-0.1, -0.05) is 25.0 Å². The first kappa shape index (κ1) is 39.6. The number of aromatic hydroxyl groups is 4. The van der Waals surface area contributed by atoms with E-state index in [-0.39, 0.29) is 111 Å². The molecule has 5 rings (SSSR count). The molecule has 1 saturated carbocycles. The number of carbonyl (C=O) groups is 6. The van der Waals surface area contributed by atoms with E-state index >= 15 is 0 Å². The van der Waals surface area contributed by atoms with Crippen LogP contribution in [-0.2, 0) is 19.2 Å². The fraction of sp³-hybridized carbons (Fsp3) is 0.500. The van der Waals surface area contributed by atoms with Crippen LogP contribution in [0.4, 0.5) is 0 Å². The molecule has 2 unspecified atom stereocenters. The lowest BCUT2D eigenvalue weighted by atomic mass is 9.87. The second-order valence-electron chi connectivity index (χ2n) is 13.7. The molecule has 0 aromatic heterocycles. The topological polar surface area (TPSA) is 243 Å². The van der Waals surface area contributed by atoms with Crippen molar-refractivity contribution in [3.05, 3.63) is 47.5 Å². The van der Waals surface area contributed by atoms with Crippen LogP contribution in [0.1, 0.15) is 46.4 Å². The summed E-state index contributed by atoms with van der Waals surface area (Å²) in [6.45, 7) is -0.660. The van der Waals surface area contributed by atoms with E-state index in [2.05, 4.69) is 0 Å². The van der Waals surface area contributed by atoms with E-state index in [1.165, 1.54) is 65.8 Å². The number of hydrogen-bond donors (Lipinski definition) is 6. The van der Waals surface area contributed by atoms with Crippen molar-refractivity contribution in [3.8, 4) is 23.0 Å². The van der Waals surface area contributed by atoms with Gasteiger partial charge in [0.05, 0.1) is 26.2 Å². The Kier molecular flexibility index (Phi) is 12.8. The maximum Gasteiger partial charge on any atom is 0.317 e. The highest BCUT2D eigenvalue weighted by Crippen LogP contribution is 2.31. The molecule has 0 spiro atoms. The van der Waals surface area contributed by atoms with Gasteiger partial charge in [-0.2, -0.15) is 0 Å². The molecule has 6 N–H and O–H groups in total. The molecule has 18 nitrogen and oxygen atoms in total. The first-order valence-electron chi connectivity index (χ1n) is 17.8. The third-order valence-electron chi connectivity index (χ3n) is 10.3. The van der Waals surface area contributed by atoms with Crippen molar-refractivity contribution < 1.29 is 59.4 Å². The Hall–Kier alpha value is -5.62. The molecule has 0 bridgehead atoms. The molecule has 2 heterocycles. The number of phenolic OH excluding ortho intramolecular Hbond substituents is 4. The molecule has 1 aliphatic carbocycles. The van der Waals surface area contributed by atoms with Gasteiger partial charge in [0.25, 0.3) is 11.8 Å². The SMILES string of the molecule is O=C(O)CN(CC(=O)N1CCN(C(=O)c2c(O)cccc2O)CC1)C1CCCCC1N(CC(=O)O)CC(=O)N1CCN(C(=O)c2c(O)cccc2O)CC1. The third kappa shape index (κ3) is 9.29. The van der Waals surface area contributed by atoms with Gasteiger partial charge in [-0.05, 0) is 37.1 Å². The molecule has 54 heavy (non-hydrogen) atoms. The molecular formula is C36H46N6O12. The van der Waals surface area contributed by atoms with Crippen LogP contribution in [-0.4, -0.2) is 186 Å². The maximum absolute atomic E-state index is 13.6. The first-order valence-corrected chi connectivity index (χ1v) is 17.8. The summed E-state index contributed by atoms with van der Waals surface area (Å²) in [6, 6.07) is 6.81.